The van der Waals surface area contributed by atoms with E-state index < -0.39 is 0 Å². The van der Waals surface area contributed by atoms with Crippen LogP contribution in [0.5, 0.6) is 0 Å². The average Bonchev–Trinajstić information content (AvgIpc) is 3.07. The predicted molar refractivity (Wildman–Crippen MR) is 69.1 cm³/mol. The lowest BCUT2D eigenvalue weighted by molar-refractivity contribution is 0.103. The van der Waals surface area contributed by atoms with Gasteiger partial charge in [0.15, 0.2) is 5.76 Å². The standard InChI is InChI=1S/C16H12O2/c17-16(15-7-4-10-18-15)14(11-12-8-9-12)13-5-2-1-3-6-13/h1-7,10H,8-9H2. The Morgan fingerprint density at radius 3 is 2.44 bits per heavy atom. The molecule has 2 aromatic rings. The Hall–Kier alpha value is -2.31. The summed E-state index contributed by atoms with van der Waals surface area (Å²) >= 11 is 0. The lowest BCUT2D eigenvalue weighted by atomic mass is 10.0. The largest absolute Gasteiger partial charge is 0.461 e. The molecule has 3 rings (SSSR count). The maximum absolute atomic E-state index is 12.4. The molecule has 0 unspecified atom stereocenters. The van der Waals surface area contributed by atoms with E-state index in [9.17, 15) is 4.79 Å². The summed E-state index contributed by atoms with van der Waals surface area (Å²) in [4.78, 5) is 12.4. The van der Waals surface area contributed by atoms with Crippen LogP contribution >= 0.6 is 0 Å². The minimum absolute atomic E-state index is 0.106. The first-order valence-corrected chi connectivity index (χ1v) is 5.97. The molecule has 1 aromatic heterocycles. The van der Waals surface area contributed by atoms with Gasteiger partial charge in [0.25, 0.3) is 0 Å². The number of Topliss-reactive ketones (excluding diaryl/α,β-unsaturated/α-hetero) is 1. The zero-order valence-corrected chi connectivity index (χ0v) is 9.85. The van der Waals surface area contributed by atoms with Crippen LogP contribution in [0.4, 0.5) is 0 Å². The number of carbonyl (C=O) groups excluding carboxylic acids is 1. The fourth-order valence-corrected chi connectivity index (χ4v) is 1.76. The molecule has 0 bridgehead atoms. The van der Waals surface area contributed by atoms with Crippen molar-refractivity contribution in [2.75, 3.05) is 0 Å². The Bertz CT molecular complexity index is 621. The molecule has 2 heteroatoms. The van der Waals surface area contributed by atoms with Crippen molar-refractivity contribution < 1.29 is 9.21 Å². The van der Waals surface area contributed by atoms with Gasteiger partial charge in [0.05, 0.1) is 11.8 Å². The van der Waals surface area contributed by atoms with E-state index in [1.807, 2.05) is 30.3 Å². The van der Waals surface area contributed by atoms with Gasteiger partial charge in [0.2, 0.25) is 5.78 Å². The molecule has 0 radical (unpaired) electrons. The second-order valence-corrected chi connectivity index (χ2v) is 4.28. The van der Waals surface area contributed by atoms with Gasteiger partial charge in [-0.1, -0.05) is 30.3 Å². The van der Waals surface area contributed by atoms with Gasteiger partial charge in [-0.05, 0) is 36.1 Å². The minimum atomic E-state index is -0.106. The molecule has 0 N–H and O–H groups in total. The highest BCUT2D eigenvalue weighted by Crippen LogP contribution is 2.29. The van der Waals surface area contributed by atoms with E-state index in [0.717, 1.165) is 18.4 Å². The van der Waals surface area contributed by atoms with E-state index in [-0.39, 0.29) is 5.78 Å². The van der Waals surface area contributed by atoms with Crippen LogP contribution in [0.3, 0.4) is 0 Å². The normalized spacial score (nSPS) is 13.0. The van der Waals surface area contributed by atoms with Gasteiger partial charge in [-0.3, -0.25) is 4.79 Å². The number of furan rings is 1. The van der Waals surface area contributed by atoms with Crippen LogP contribution < -0.4 is 0 Å². The van der Waals surface area contributed by atoms with E-state index >= 15 is 0 Å². The second-order valence-electron chi connectivity index (χ2n) is 4.28. The predicted octanol–water partition coefficient (Wildman–Crippen LogP) is 3.87. The van der Waals surface area contributed by atoms with Crippen molar-refractivity contribution >= 4 is 11.4 Å². The molecule has 0 saturated heterocycles. The fourth-order valence-electron chi connectivity index (χ4n) is 1.76. The second kappa shape index (κ2) is 4.52. The van der Waals surface area contributed by atoms with E-state index in [4.69, 9.17) is 4.42 Å². The van der Waals surface area contributed by atoms with Gasteiger partial charge < -0.3 is 4.42 Å². The number of ketones is 1. The van der Waals surface area contributed by atoms with Crippen LogP contribution in [0.15, 0.2) is 64.4 Å². The molecule has 0 aliphatic heterocycles. The van der Waals surface area contributed by atoms with Crippen LogP contribution in [0.25, 0.3) is 5.57 Å². The first-order chi connectivity index (χ1) is 8.84. The summed E-state index contributed by atoms with van der Waals surface area (Å²) in [6, 6.07) is 13.0. The summed E-state index contributed by atoms with van der Waals surface area (Å²) < 4.78 is 5.18. The summed E-state index contributed by atoms with van der Waals surface area (Å²) in [5.41, 5.74) is 5.90. The maximum atomic E-state index is 12.4. The third kappa shape index (κ3) is 2.20. The zero-order valence-electron chi connectivity index (χ0n) is 9.85. The van der Waals surface area contributed by atoms with Crippen LogP contribution in [0.1, 0.15) is 29.0 Å². The molecule has 0 amide bonds. The molecule has 1 aliphatic carbocycles. The summed E-state index contributed by atoms with van der Waals surface area (Å²) in [5.74, 6) is 0.258. The van der Waals surface area contributed by atoms with Crippen molar-refractivity contribution in [3.05, 3.63) is 71.4 Å². The Kier molecular flexibility index (Phi) is 2.71. The Morgan fingerprint density at radius 2 is 1.83 bits per heavy atom. The monoisotopic (exact) mass is 236 g/mol. The van der Waals surface area contributed by atoms with Gasteiger partial charge in [0, 0.05) is 0 Å². The van der Waals surface area contributed by atoms with Crippen LogP contribution in [-0.4, -0.2) is 5.78 Å². The minimum Gasteiger partial charge on any atom is -0.461 e. The number of benzene rings is 1. The number of allylic oxidation sites excluding steroid dienone is 1. The number of hydrogen-bond donors (Lipinski definition) is 0. The van der Waals surface area contributed by atoms with Crippen molar-refractivity contribution in [3.8, 4) is 0 Å². The molecular formula is C16H12O2. The van der Waals surface area contributed by atoms with Gasteiger partial charge in [-0.2, -0.15) is 0 Å². The molecule has 1 saturated carbocycles. The van der Waals surface area contributed by atoms with Gasteiger partial charge in [0.1, 0.15) is 0 Å². The highest BCUT2D eigenvalue weighted by Gasteiger charge is 2.19. The molecule has 88 valence electrons. The van der Waals surface area contributed by atoms with E-state index in [1.54, 1.807) is 12.1 Å². The topological polar surface area (TPSA) is 30.2 Å². The molecule has 1 aliphatic rings. The quantitative estimate of drug-likeness (QED) is 0.460. The Morgan fingerprint density at radius 1 is 1.06 bits per heavy atom. The number of rotatable bonds is 3. The third-order valence-electron chi connectivity index (χ3n) is 2.84. The Balaban J connectivity index is 2.08. The Labute approximate surface area is 105 Å². The summed E-state index contributed by atoms with van der Waals surface area (Å²) in [7, 11) is 0. The molecule has 18 heavy (non-hydrogen) atoms. The average molecular weight is 236 g/mol. The van der Waals surface area contributed by atoms with E-state index in [1.165, 1.54) is 11.8 Å². The highest BCUT2D eigenvalue weighted by molar-refractivity contribution is 6.27. The van der Waals surface area contributed by atoms with Crippen LogP contribution in [-0.2, 0) is 0 Å². The molecule has 2 nitrogen and oxygen atoms in total. The van der Waals surface area contributed by atoms with Gasteiger partial charge in [-0.15, -0.1) is 5.73 Å². The third-order valence-corrected chi connectivity index (χ3v) is 2.84. The molecule has 0 atom stereocenters. The van der Waals surface area contributed by atoms with Crippen LogP contribution in [0, 0.1) is 0 Å². The molecule has 1 fully saturated rings. The zero-order chi connectivity index (χ0) is 12.4. The SMILES string of the molecule is O=C(C(=C=C1CC1)c1ccccc1)c1ccco1. The summed E-state index contributed by atoms with van der Waals surface area (Å²) in [6.07, 6.45) is 3.60. The van der Waals surface area contributed by atoms with Crippen molar-refractivity contribution in [3.63, 3.8) is 0 Å². The first-order valence-electron chi connectivity index (χ1n) is 5.97. The molecule has 1 heterocycles. The fraction of sp³-hybridized carbons (Fsp3) is 0.125. The van der Waals surface area contributed by atoms with Gasteiger partial charge in [-0.25, -0.2) is 0 Å². The maximum Gasteiger partial charge on any atom is 0.236 e. The number of hydrogen-bond acceptors (Lipinski definition) is 2. The van der Waals surface area contributed by atoms with Crippen LogP contribution in [0.2, 0.25) is 0 Å². The van der Waals surface area contributed by atoms with Gasteiger partial charge >= 0.3 is 0 Å². The lowest BCUT2D eigenvalue weighted by Crippen LogP contribution is -2.00. The smallest absolute Gasteiger partial charge is 0.236 e. The first kappa shape index (κ1) is 10.8. The van der Waals surface area contributed by atoms with Crippen molar-refractivity contribution in [1.29, 1.82) is 0 Å². The molecular weight excluding hydrogens is 224 g/mol. The molecule has 1 aromatic carbocycles. The highest BCUT2D eigenvalue weighted by atomic mass is 16.3. The van der Waals surface area contributed by atoms with Crippen molar-refractivity contribution in [2.45, 2.75) is 12.8 Å². The number of carbonyl (C=O) groups is 1. The van der Waals surface area contributed by atoms with Crippen molar-refractivity contribution in [1.82, 2.24) is 0 Å². The lowest BCUT2D eigenvalue weighted by Gasteiger charge is -2.01. The molecule has 0 spiro atoms. The van der Waals surface area contributed by atoms with E-state index in [0.29, 0.717) is 11.3 Å². The summed E-state index contributed by atoms with van der Waals surface area (Å²) in [6.45, 7) is 0. The summed E-state index contributed by atoms with van der Waals surface area (Å²) in [5, 5.41) is 0. The van der Waals surface area contributed by atoms with Crippen molar-refractivity contribution in [2.24, 2.45) is 0 Å². The van der Waals surface area contributed by atoms with E-state index in [2.05, 4.69) is 5.73 Å².